The van der Waals surface area contributed by atoms with Crippen molar-refractivity contribution in [3.63, 3.8) is 0 Å². The van der Waals surface area contributed by atoms with Crippen molar-refractivity contribution in [2.24, 2.45) is 17.3 Å². The van der Waals surface area contributed by atoms with Gasteiger partial charge in [0.1, 0.15) is 16.8 Å². The van der Waals surface area contributed by atoms with Crippen LogP contribution in [0.1, 0.15) is 93.6 Å². The monoisotopic (exact) mass is 553 g/mol. The molecule has 1 amide bonds. The molecular weight excluding hydrogens is 510 g/mol. The molecule has 8 heteroatoms. The summed E-state index contributed by atoms with van der Waals surface area (Å²) in [5.41, 5.74) is 0.311. The lowest BCUT2D eigenvalue weighted by atomic mass is 9.81. The lowest BCUT2D eigenvalue weighted by Gasteiger charge is -2.39. The molecule has 0 saturated heterocycles. The normalized spacial score (nSPS) is 23.4. The smallest absolute Gasteiger partial charge is 0.348 e. The Morgan fingerprint density at radius 1 is 1.05 bits per heavy atom. The van der Waals surface area contributed by atoms with E-state index in [2.05, 4.69) is 23.7 Å². The molecule has 2 saturated carbocycles. The minimum absolute atomic E-state index is 0.0528. The minimum Gasteiger partial charge on any atom is -0.477 e. The maximum absolute atomic E-state index is 14.1. The summed E-state index contributed by atoms with van der Waals surface area (Å²) in [7, 11) is 3.96. The van der Waals surface area contributed by atoms with E-state index in [1.54, 1.807) is 0 Å². The van der Waals surface area contributed by atoms with Crippen molar-refractivity contribution in [3.8, 4) is 17.7 Å². The van der Waals surface area contributed by atoms with E-state index in [1.807, 2.05) is 62.9 Å². The fourth-order valence-electron chi connectivity index (χ4n) is 5.52. The van der Waals surface area contributed by atoms with Crippen LogP contribution in [0.15, 0.2) is 18.2 Å². The fraction of sp³-hybridized carbons (Fsp3) is 0.613. The number of thiophene rings is 1. The van der Waals surface area contributed by atoms with Gasteiger partial charge in [0.2, 0.25) is 5.91 Å². The molecule has 39 heavy (non-hydrogen) atoms. The van der Waals surface area contributed by atoms with E-state index in [0.717, 1.165) is 63.1 Å². The van der Waals surface area contributed by atoms with E-state index in [9.17, 15) is 14.7 Å². The highest BCUT2D eigenvalue weighted by Gasteiger charge is 2.38. The van der Waals surface area contributed by atoms with Gasteiger partial charge in [-0.2, -0.15) is 0 Å². The van der Waals surface area contributed by atoms with Gasteiger partial charge in [0.05, 0.1) is 10.6 Å². The number of ether oxygens (including phenoxy) is 1. The second-order valence-electron chi connectivity index (χ2n) is 12.4. The molecular formula is C31H43N3O4S. The van der Waals surface area contributed by atoms with E-state index in [0.29, 0.717) is 16.5 Å². The van der Waals surface area contributed by atoms with Gasteiger partial charge in [0, 0.05) is 37.5 Å². The number of aromatic carboxylic acids is 1. The summed E-state index contributed by atoms with van der Waals surface area (Å²) in [6, 6.07) is 5.72. The SMILES string of the molecule is CN(C)c1ccc(O[C@H]2CC[C@H](N(c3cc(C#CC(C)(C)C)sc3C(=O)O)C(=O)[C@H]3CC[C@H](C)CC3)CC2)[nH]1. The van der Waals surface area contributed by atoms with Crippen molar-refractivity contribution in [2.75, 3.05) is 23.9 Å². The van der Waals surface area contributed by atoms with Gasteiger partial charge in [-0.05, 0) is 90.2 Å². The van der Waals surface area contributed by atoms with E-state index >= 15 is 0 Å². The molecule has 2 aromatic heterocycles. The van der Waals surface area contributed by atoms with Crippen LogP contribution in [0.25, 0.3) is 0 Å². The highest BCUT2D eigenvalue weighted by Crippen LogP contribution is 2.39. The number of amides is 1. The van der Waals surface area contributed by atoms with Crippen molar-refractivity contribution in [3.05, 3.63) is 28.0 Å². The van der Waals surface area contributed by atoms with Gasteiger partial charge in [0.15, 0.2) is 5.88 Å². The Balaban J connectivity index is 1.58. The Morgan fingerprint density at radius 2 is 1.72 bits per heavy atom. The third kappa shape index (κ3) is 7.39. The van der Waals surface area contributed by atoms with Crippen molar-refractivity contribution >= 4 is 34.7 Å². The summed E-state index contributed by atoms with van der Waals surface area (Å²) in [5, 5.41) is 10.1. The molecule has 2 aromatic rings. The van der Waals surface area contributed by atoms with Crippen LogP contribution in [0.4, 0.5) is 11.5 Å². The van der Waals surface area contributed by atoms with Gasteiger partial charge >= 0.3 is 5.97 Å². The highest BCUT2D eigenvalue weighted by molar-refractivity contribution is 7.15. The average molecular weight is 554 g/mol. The van der Waals surface area contributed by atoms with Crippen LogP contribution in [-0.4, -0.2) is 48.2 Å². The van der Waals surface area contributed by atoms with Crippen LogP contribution < -0.4 is 14.5 Å². The van der Waals surface area contributed by atoms with Crippen molar-refractivity contribution in [1.29, 1.82) is 0 Å². The summed E-state index contributed by atoms with van der Waals surface area (Å²) < 4.78 is 6.24. The number of rotatable bonds is 7. The molecule has 212 valence electrons. The molecule has 4 rings (SSSR count). The topological polar surface area (TPSA) is 85.9 Å². The Labute approximate surface area is 236 Å². The van der Waals surface area contributed by atoms with Crippen molar-refractivity contribution in [1.82, 2.24) is 4.98 Å². The first kappa shape index (κ1) is 29.1. The second-order valence-corrected chi connectivity index (χ2v) is 13.5. The zero-order valence-electron chi connectivity index (χ0n) is 24.2. The van der Waals surface area contributed by atoms with Gasteiger partial charge in [-0.1, -0.05) is 18.8 Å². The molecule has 2 aliphatic carbocycles. The standard InChI is InChI=1S/C31H43N3O4S/c1-20-7-9-21(10-8-20)29(35)34(25-19-24(17-18-31(2,3)4)39-28(25)30(36)37)22-11-13-23(14-12-22)38-27-16-15-26(32-27)33(5)6/h15-16,19-23,32H,7-14H2,1-6H3,(H,36,37)/t20-,21-,22-,23-. The zero-order valence-corrected chi connectivity index (χ0v) is 25.0. The molecule has 7 nitrogen and oxygen atoms in total. The van der Waals surface area contributed by atoms with Crippen LogP contribution in [0, 0.1) is 29.1 Å². The second kappa shape index (κ2) is 12.1. The number of hydrogen-bond donors (Lipinski definition) is 2. The molecule has 2 heterocycles. The lowest BCUT2D eigenvalue weighted by Crippen LogP contribution is -2.47. The van der Waals surface area contributed by atoms with Gasteiger partial charge < -0.3 is 24.6 Å². The average Bonchev–Trinajstić information content (AvgIpc) is 3.52. The number of carboxylic acid groups (broad SMARTS) is 1. The quantitative estimate of drug-likeness (QED) is 0.369. The molecule has 0 atom stereocenters. The molecule has 0 aromatic carbocycles. The number of H-pyrrole nitrogens is 1. The number of aromatic amines is 1. The maximum Gasteiger partial charge on any atom is 0.348 e. The molecule has 0 spiro atoms. The molecule has 2 N–H and O–H groups in total. The van der Waals surface area contributed by atoms with Crippen molar-refractivity contribution in [2.45, 2.75) is 91.2 Å². The summed E-state index contributed by atoms with van der Waals surface area (Å²) in [6.07, 6.45) is 6.97. The van der Waals surface area contributed by atoms with E-state index in [1.165, 1.54) is 11.3 Å². The van der Waals surface area contributed by atoms with Crippen LogP contribution in [0.5, 0.6) is 5.88 Å². The van der Waals surface area contributed by atoms with Gasteiger partial charge in [-0.15, -0.1) is 11.3 Å². The molecule has 2 aliphatic rings. The van der Waals surface area contributed by atoms with Gasteiger partial charge in [0.25, 0.3) is 0 Å². The predicted molar refractivity (Wildman–Crippen MR) is 158 cm³/mol. The molecule has 0 radical (unpaired) electrons. The maximum atomic E-state index is 14.1. The fourth-order valence-corrected chi connectivity index (χ4v) is 6.36. The third-order valence-electron chi connectivity index (χ3n) is 7.76. The molecule has 2 fully saturated rings. The molecule has 0 bridgehead atoms. The summed E-state index contributed by atoms with van der Waals surface area (Å²) >= 11 is 1.17. The predicted octanol–water partition coefficient (Wildman–Crippen LogP) is 6.79. The number of aromatic nitrogens is 1. The highest BCUT2D eigenvalue weighted by atomic mass is 32.1. The number of nitrogens with one attached hydrogen (secondary N) is 1. The number of carboxylic acids is 1. The van der Waals surface area contributed by atoms with Crippen LogP contribution in [0.2, 0.25) is 0 Å². The summed E-state index contributed by atoms with van der Waals surface area (Å²) in [4.78, 5) is 34.5. The number of hydrogen-bond acceptors (Lipinski definition) is 5. The van der Waals surface area contributed by atoms with Crippen LogP contribution in [-0.2, 0) is 4.79 Å². The molecule has 0 aliphatic heterocycles. The number of carbonyl (C=O) groups excluding carboxylic acids is 1. The van der Waals surface area contributed by atoms with E-state index in [4.69, 9.17) is 4.74 Å². The van der Waals surface area contributed by atoms with Crippen LogP contribution >= 0.6 is 11.3 Å². The number of carbonyl (C=O) groups is 2. The Morgan fingerprint density at radius 3 is 2.28 bits per heavy atom. The largest absolute Gasteiger partial charge is 0.477 e. The first-order valence-electron chi connectivity index (χ1n) is 14.2. The number of anilines is 2. The first-order valence-corrected chi connectivity index (χ1v) is 15.0. The first-order chi connectivity index (χ1) is 18.4. The lowest BCUT2D eigenvalue weighted by molar-refractivity contribution is -0.124. The Kier molecular flexibility index (Phi) is 9.00. The summed E-state index contributed by atoms with van der Waals surface area (Å²) in [5.74, 6) is 7.75. The Hall–Kier alpha value is -2.92. The van der Waals surface area contributed by atoms with Crippen LogP contribution in [0.3, 0.4) is 0 Å². The van der Waals surface area contributed by atoms with Gasteiger partial charge in [-0.3, -0.25) is 4.79 Å². The minimum atomic E-state index is -1.01. The van der Waals surface area contributed by atoms with E-state index < -0.39 is 5.97 Å². The molecule has 0 unspecified atom stereocenters. The summed E-state index contributed by atoms with van der Waals surface area (Å²) in [6.45, 7) is 8.33. The zero-order chi connectivity index (χ0) is 28.3. The van der Waals surface area contributed by atoms with Gasteiger partial charge in [-0.25, -0.2) is 4.79 Å². The number of nitrogens with zero attached hydrogens (tertiary/aromatic N) is 2. The van der Waals surface area contributed by atoms with Crippen molar-refractivity contribution < 1.29 is 19.4 Å². The third-order valence-corrected chi connectivity index (χ3v) is 8.79. The van der Waals surface area contributed by atoms with E-state index in [-0.39, 0.29) is 34.3 Å². The Bertz CT molecular complexity index is 1210.